The number of hydrogen-bond acceptors (Lipinski definition) is 8. The van der Waals surface area contributed by atoms with Crippen molar-refractivity contribution in [1.82, 2.24) is 0 Å². The van der Waals surface area contributed by atoms with Crippen molar-refractivity contribution in [1.29, 1.82) is 0 Å². The molecule has 3 aromatic carbocycles. The Hall–Kier alpha value is -4.57. The smallest absolute Gasteiger partial charge is 0.337 e. The highest BCUT2D eigenvalue weighted by atomic mass is 16.7. The molecule has 2 aliphatic heterocycles. The first-order valence-corrected chi connectivity index (χ1v) is 10.7. The van der Waals surface area contributed by atoms with E-state index in [1.165, 1.54) is 31.4 Å². The van der Waals surface area contributed by atoms with Crippen LogP contribution in [0.25, 0.3) is 0 Å². The number of ether oxygens (including phenoxy) is 1. The van der Waals surface area contributed by atoms with Crippen LogP contribution in [0.4, 0.5) is 17.1 Å². The number of methoxy groups -OCH3 is 1. The van der Waals surface area contributed by atoms with E-state index in [1.54, 1.807) is 41.5 Å². The molecule has 0 radical (unpaired) electrons. The molecule has 2 aliphatic rings. The Morgan fingerprint density at radius 3 is 2.17 bits per heavy atom. The summed E-state index contributed by atoms with van der Waals surface area (Å²) < 4.78 is 4.76. The molecule has 2 amide bonds. The third kappa shape index (κ3) is 3.69. The van der Waals surface area contributed by atoms with Gasteiger partial charge < -0.3 is 4.74 Å². The molecule has 2 fully saturated rings. The summed E-state index contributed by atoms with van der Waals surface area (Å²) in [5, 5.41) is 12.5. The Bertz CT molecular complexity index is 1310. The molecule has 0 bridgehead atoms. The number of para-hydroxylation sites is 1. The van der Waals surface area contributed by atoms with Gasteiger partial charge in [-0.3, -0.25) is 24.5 Å². The molecular weight excluding hydrogens is 454 g/mol. The maximum atomic E-state index is 13.6. The van der Waals surface area contributed by atoms with Crippen LogP contribution in [0.1, 0.15) is 22.0 Å². The number of benzene rings is 3. The van der Waals surface area contributed by atoms with Gasteiger partial charge >= 0.3 is 5.97 Å². The first kappa shape index (κ1) is 22.2. The molecule has 3 atom stereocenters. The molecule has 0 unspecified atom stereocenters. The molecule has 0 aromatic heterocycles. The molecule has 35 heavy (non-hydrogen) atoms. The van der Waals surface area contributed by atoms with Crippen LogP contribution in [-0.2, 0) is 19.2 Å². The van der Waals surface area contributed by atoms with Crippen molar-refractivity contribution in [3.63, 3.8) is 0 Å². The Morgan fingerprint density at radius 2 is 1.57 bits per heavy atom. The topological polar surface area (TPSA) is 119 Å². The van der Waals surface area contributed by atoms with Crippen LogP contribution in [-0.4, -0.2) is 35.9 Å². The number of carbonyl (C=O) groups excluding carboxylic acids is 3. The molecule has 176 valence electrons. The minimum atomic E-state index is -1.08. The Morgan fingerprint density at radius 1 is 0.914 bits per heavy atom. The minimum absolute atomic E-state index is 0.150. The number of non-ortho nitro benzene ring substituents is 1. The Kier molecular flexibility index (Phi) is 5.50. The number of nitro benzene ring substituents is 1. The lowest BCUT2D eigenvalue weighted by atomic mass is 9.90. The number of carbonyl (C=O) groups is 3. The molecule has 3 aromatic rings. The number of amides is 2. The van der Waals surface area contributed by atoms with Crippen molar-refractivity contribution in [3.05, 3.63) is 100 Å². The van der Waals surface area contributed by atoms with Gasteiger partial charge in [0.25, 0.3) is 11.6 Å². The van der Waals surface area contributed by atoms with E-state index in [2.05, 4.69) is 0 Å². The first-order valence-electron chi connectivity index (χ1n) is 10.7. The molecule has 10 nitrogen and oxygen atoms in total. The largest absolute Gasteiger partial charge is 0.465 e. The molecule has 5 rings (SSSR count). The first-order chi connectivity index (χ1) is 16.9. The molecule has 2 saturated heterocycles. The summed E-state index contributed by atoms with van der Waals surface area (Å²) >= 11 is 0. The Balaban J connectivity index is 1.54. The van der Waals surface area contributed by atoms with Crippen LogP contribution < -0.4 is 9.96 Å². The highest BCUT2D eigenvalue weighted by molar-refractivity contribution is 6.24. The van der Waals surface area contributed by atoms with Gasteiger partial charge in [-0.05, 0) is 42.0 Å². The van der Waals surface area contributed by atoms with Gasteiger partial charge in [0, 0.05) is 12.1 Å². The lowest BCUT2D eigenvalue weighted by Crippen LogP contribution is -2.37. The van der Waals surface area contributed by atoms with E-state index in [9.17, 15) is 24.5 Å². The fourth-order valence-corrected chi connectivity index (χ4v) is 4.46. The number of hydrogen-bond donors (Lipinski definition) is 0. The molecule has 2 heterocycles. The fourth-order valence-electron chi connectivity index (χ4n) is 4.46. The average molecular weight is 473 g/mol. The molecule has 10 heteroatoms. The summed E-state index contributed by atoms with van der Waals surface area (Å²) in [6.45, 7) is 0. The SMILES string of the molecule is COC(=O)c1ccc([C@@H]2[C@H]3C(=O)N(c4ccc([N+](=O)[O-])cc4)C(=O)[C@H]3ON2c2ccccc2)cc1. The van der Waals surface area contributed by atoms with Crippen LogP contribution >= 0.6 is 0 Å². The normalized spacial score (nSPS) is 21.2. The summed E-state index contributed by atoms with van der Waals surface area (Å²) in [7, 11) is 1.29. The predicted molar refractivity (Wildman–Crippen MR) is 123 cm³/mol. The third-order valence-corrected chi connectivity index (χ3v) is 6.12. The number of anilines is 2. The second-order valence-electron chi connectivity index (χ2n) is 8.06. The van der Waals surface area contributed by atoms with Crippen molar-refractivity contribution in [2.75, 3.05) is 17.1 Å². The van der Waals surface area contributed by atoms with Crippen molar-refractivity contribution in [2.24, 2.45) is 5.92 Å². The molecule has 0 aliphatic carbocycles. The van der Waals surface area contributed by atoms with Gasteiger partial charge in [-0.2, -0.15) is 0 Å². The van der Waals surface area contributed by atoms with Crippen molar-refractivity contribution >= 4 is 34.8 Å². The van der Waals surface area contributed by atoms with E-state index >= 15 is 0 Å². The maximum absolute atomic E-state index is 13.6. The number of nitro groups is 1. The van der Waals surface area contributed by atoms with Gasteiger partial charge in [-0.15, -0.1) is 0 Å². The standard InChI is InChI=1S/C25H19N3O7/c1-34-25(31)16-9-7-15(8-10-16)21-20-22(35-27(21)18-5-3-2-4-6-18)24(30)26(23(20)29)17-11-13-19(14-12-17)28(32)33/h2-14,20-22H,1H3/t20-,21-,22+/m1/s1. The number of rotatable bonds is 5. The van der Waals surface area contributed by atoms with Gasteiger partial charge in [0.05, 0.1) is 35.0 Å². The van der Waals surface area contributed by atoms with Crippen LogP contribution in [0.3, 0.4) is 0 Å². The van der Waals surface area contributed by atoms with Crippen LogP contribution in [0.5, 0.6) is 0 Å². The number of fused-ring (bicyclic) bond motifs is 1. The predicted octanol–water partition coefficient (Wildman–Crippen LogP) is 3.43. The van der Waals surface area contributed by atoms with Crippen molar-refractivity contribution < 1.29 is 28.9 Å². The number of esters is 1. The monoisotopic (exact) mass is 473 g/mol. The fraction of sp³-hybridized carbons (Fsp3) is 0.160. The summed E-state index contributed by atoms with van der Waals surface area (Å²) in [4.78, 5) is 56.3. The zero-order valence-electron chi connectivity index (χ0n) is 18.4. The number of hydroxylamine groups is 1. The second-order valence-corrected chi connectivity index (χ2v) is 8.06. The second kappa shape index (κ2) is 8.65. The zero-order chi connectivity index (χ0) is 24.7. The van der Waals surface area contributed by atoms with Gasteiger partial charge in [0.2, 0.25) is 5.91 Å². The average Bonchev–Trinajstić information content (AvgIpc) is 3.40. The summed E-state index contributed by atoms with van der Waals surface area (Å²) in [6, 6.07) is 20.2. The minimum Gasteiger partial charge on any atom is -0.465 e. The molecule has 0 saturated carbocycles. The van der Waals surface area contributed by atoms with Gasteiger partial charge in [-0.1, -0.05) is 30.3 Å². The summed E-state index contributed by atoms with van der Waals surface area (Å²) in [5.74, 6) is -2.40. The van der Waals surface area contributed by atoms with E-state index in [-0.39, 0.29) is 11.4 Å². The van der Waals surface area contributed by atoms with E-state index in [4.69, 9.17) is 9.57 Å². The summed E-state index contributed by atoms with van der Waals surface area (Å²) in [5.41, 5.74) is 1.75. The van der Waals surface area contributed by atoms with E-state index in [0.717, 1.165) is 4.90 Å². The van der Waals surface area contributed by atoms with Gasteiger partial charge in [-0.25, -0.2) is 14.8 Å². The number of imide groups is 1. The van der Waals surface area contributed by atoms with E-state index < -0.39 is 40.8 Å². The van der Waals surface area contributed by atoms with Crippen molar-refractivity contribution in [3.8, 4) is 0 Å². The highest BCUT2D eigenvalue weighted by Crippen LogP contribution is 2.47. The van der Waals surface area contributed by atoms with Crippen LogP contribution in [0, 0.1) is 16.0 Å². The molecule has 0 N–H and O–H groups in total. The summed E-state index contributed by atoms with van der Waals surface area (Å²) in [6.07, 6.45) is -1.08. The third-order valence-electron chi connectivity index (χ3n) is 6.12. The van der Waals surface area contributed by atoms with E-state index in [1.807, 2.05) is 18.2 Å². The van der Waals surface area contributed by atoms with Crippen molar-refractivity contribution in [2.45, 2.75) is 12.1 Å². The van der Waals surface area contributed by atoms with Gasteiger partial charge in [0.15, 0.2) is 6.10 Å². The number of nitrogens with zero attached hydrogens (tertiary/aromatic N) is 3. The van der Waals surface area contributed by atoms with E-state index in [0.29, 0.717) is 16.8 Å². The van der Waals surface area contributed by atoms with Gasteiger partial charge in [0.1, 0.15) is 5.92 Å². The lowest BCUT2D eigenvalue weighted by molar-refractivity contribution is -0.384. The van der Waals surface area contributed by atoms with Crippen LogP contribution in [0.2, 0.25) is 0 Å². The Labute approximate surface area is 199 Å². The highest BCUT2D eigenvalue weighted by Gasteiger charge is 2.60. The maximum Gasteiger partial charge on any atom is 0.337 e. The molecular formula is C25H19N3O7. The zero-order valence-corrected chi connectivity index (χ0v) is 18.4. The lowest BCUT2D eigenvalue weighted by Gasteiger charge is -2.28. The quantitative estimate of drug-likeness (QED) is 0.239. The molecule has 0 spiro atoms. The van der Waals surface area contributed by atoms with Crippen LogP contribution in [0.15, 0.2) is 78.9 Å².